The maximum absolute atomic E-state index is 6.15. The van der Waals surface area contributed by atoms with Crippen LogP contribution >= 0.6 is 11.6 Å². The van der Waals surface area contributed by atoms with Crippen LogP contribution in [-0.4, -0.2) is 24.6 Å². The van der Waals surface area contributed by atoms with E-state index in [2.05, 4.69) is 35.6 Å². The second-order valence-electron chi connectivity index (χ2n) is 4.98. The Bertz CT molecular complexity index is 416. The highest BCUT2D eigenvalue weighted by molar-refractivity contribution is 6.31. The molecule has 0 bridgehead atoms. The number of aromatic nitrogens is 1. The van der Waals surface area contributed by atoms with Gasteiger partial charge in [-0.05, 0) is 18.6 Å². The number of rotatable bonds is 6. The molecule has 0 fully saturated rings. The van der Waals surface area contributed by atoms with Gasteiger partial charge in [0.1, 0.15) is 5.82 Å². The van der Waals surface area contributed by atoms with E-state index in [9.17, 15) is 0 Å². The highest BCUT2D eigenvalue weighted by Crippen LogP contribution is 2.20. The number of hydrogen-bond donors (Lipinski definition) is 1. The van der Waals surface area contributed by atoms with Crippen molar-refractivity contribution >= 4 is 17.4 Å². The molecule has 1 aromatic heterocycles. The molecule has 0 saturated heterocycles. The zero-order valence-electron chi connectivity index (χ0n) is 11.6. The molecule has 100 valence electrons. The molecule has 1 N–H and O–H groups in total. The van der Waals surface area contributed by atoms with E-state index < -0.39 is 0 Å². The van der Waals surface area contributed by atoms with Crippen LogP contribution < -0.4 is 10.2 Å². The van der Waals surface area contributed by atoms with Crippen LogP contribution in [0, 0.1) is 0 Å². The van der Waals surface area contributed by atoms with Gasteiger partial charge in [-0.25, -0.2) is 4.98 Å². The Labute approximate surface area is 115 Å². The Morgan fingerprint density at radius 1 is 1.56 bits per heavy atom. The molecule has 1 rings (SSSR count). The molecule has 0 unspecified atom stereocenters. The van der Waals surface area contributed by atoms with E-state index in [1.165, 1.54) is 0 Å². The summed E-state index contributed by atoms with van der Waals surface area (Å²) in [5, 5.41) is 4.07. The summed E-state index contributed by atoms with van der Waals surface area (Å²) in [6.45, 7) is 11.7. The van der Waals surface area contributed by atoms with E-state index in [0.29, 0.717) is 11.1 Å². The van der Waals surface area contributed by atoms with Gasteiger partial charge in [-0.15, -0.1) is 0 Å². The third-order valence-corrected chi connectivity index (χ3v) is 2.86. The molecule has 1 heterocycles. The van der Waals surface area contributed by atoms with E-state index in [-0.39, 0.29) is 0 Å². The average molecular weight is 268 g/mol. The molecule has 1 aromatic rings. The van der Waals surface area contributed by atoms with E-state index >= 15 is 0 Å². The van der Waals surface area contributed by atoms with Gasteiger partial charge in [0, 0.05) is 32.4 Å². The first-order valence-corrected chi connectivity index (χ1v) is 6.51. The van der Waals surface area contributed by atoms with Crippen molar-refractivity contribution in [2.75, 3.05) is 18.5 Å². The molecule has 0 radical (unpaired) electrons. The monoisotopic (exact) mass is 267 g/mol. The minimum atomic E-state index is 0.436. The van der Waals surface area contributed by atoms with Gasteiger partial charge in [0.25, 0.3) is 0 Å². The molecule has 0 amide bonds. The third-order valence-electron chi connectivity index (χ3n) is 2.52. The molecule has 18 heavy (non-hydrogen) atoms. The summed E-state index contributed by atoms with van der Waals surface area (Å²) >= 11 is 6.15. The third kappa shape index (κ3) is 4.67. The van der Waals surface area contributed by atoms with Gasteiger partial charge in [0.05, 0.1) is 5.02 Å². The van der Waals surface area contributed by atoms with Gasteiger partial charge in [0.15, 0.2) is 0 Å². The topological polar surface area (TPSA) is 28.2 Å². The van der Waals surface area contributed by atoms with Crippen LogP contribution in [0.15, 0.2) is 24.4 Å². The molecule has 0 aromatic carbocycles. The van der Waals surface area contributed by atoms with Gasteiger partial charge in [0.2, 0.25) is 0 Å². The average Bonchev–Trinajstić information content (AvgIpc) is 2.26. The van der Waals surface area contributed by atoms with E-state index in [0.717, 1.165) is 30.0 Å². The molecule has 0 atom stereocenters. The molecule has 0 spiro atoms. The van der Waals surface area contributed by atoms with Crippen molar-refractivity contribution in [2.45, 2.75) is 33.4 Å². The number of pyridine rings is 1. The van der Waals surface area contributed by atoms with Crippen molar-refractivity contribution in [3.05, 3.63) is 35.0 Å². The fourth-order valence-corrected chi connectivity index (χ4v) is 1.78. The largest absolute Gasteiger partial charge is 0.356 e. The van der Waals surface area contributed by atoms with Crippen molar-refractivity contribution in [2.24, 2.45) is 0 Å². The second-order valence-corrected chi connectivity index (χ2v) is 5.39. The summed E-state index contributed by atoms with van der Waals surface area (Å²) in [6, 6.07) is 2.46. The first-order valence-electron chi connectivity index (χ1n) is 6.13. The Kier molecular flexibility index (Phi) is 5.63. The van der Waals surface area contributed by atoms with Crippen LogP contribution in [-0.2, 0) is 6.54 Å². The van der Waals surface area contributed by atoms with Gasteiger partial charge in [-0.2, -0.15) is 0 Å². The number of nitrogens with one attached hydrogen (secondary N) is 1. The summed E-state index contributed by atoms with van der Waals surface area (Å²) in [6.07, 6.45) is 1.71. The highest BCUT2D eigenvalue weighted by atomic mass is 35.5. The maximum Gasteiger partial charge on any atom is 0.128 e. The molecular formula is C14H22ClN3. The minimum absolute atomic E-state index is 0.436. The Balaban J connectivity index is 2.82. The van der Waals surface area contributed by atoms with Crippen LogP contribution in [0.3, 0.4) is 0 Å². The van der Waals surface area contributed by atoms with Crippen LogP contribution in [0.5, 0.6) is 0 Å². The zero-order valence-corrected chi connectivity index (χ0v) is 12.4. The van der Waals surface area contributed by atoms with Gasteiger partial charge >= 0.3 is 0 Å². The van der Waals surface area contributed by atoms with E-state index in [1.807, 2.05) is 20.0 Å². The predicted molar refractivity (Wildman–Crippen MR) is 79.3 cm³/mol. The first-order chi connectivity index (χ1) is 8.40. The molecular weight excluding hydrogens is 246 g/mol. The summed E-state index contributed by atoms with van der Waals surface area (Å²) in [5.74, 6) is 0.919. The zero-order chi connectivity index (χ0) is 13.7. The summed E-state index contributed by atoms with van der Waals surface area (Å²) < 4.78 is 0. The Morgan fingerprint density at radius 3 is 2.78 bits per heavy atom. The number of likely N-dealkylation sites (N-methyl/N-ethyl adjacent to an activating group) is 1. The van der Waals surface area contributed by atoms with E-state index in [4.69, 9.17) is 11.6 Å². The van der Waals surface area contributed by atoms with Crippen LogP contribution in [0.4, 0.5) is 5.82 Å². The van der Waals surface area contributed by atoms with Gasteiger partial charge < -0.3 is 10.2 Å². The summed E-state index contributed by atoms with van der Waals surface area (Å²) in [4.78, 5) is 6.41. The maximum atomic E-state index is 6.15. The summed E-state index contributed by atoms with van der Waals surface area (Å²) in [7, 11) is 2.00. The standard InChI is InChI=1S/C14H22ClN3/c1-10(2)9-18(5)14-6-12(7-16-11(3)4)13(15)8-17-14/h6,8,11,16H,1,7,9H2,2-5H3. The fraction of sp³-hybridized carbons (Fsp3) is 0.500. The Hall–Kier alpha value is -1.06. The molecule has 4 heteroatoms. The van der Waals surface area contributed by atoms with Crippen molar-refractivity contribution in [1.82, 2.24) is 10.3 Å². The lowest BCUT2D eigenvalue weighted by molar-refractivity contribution is 0.588. The molecule has 0 saturated carbocycles. The van der Waals surface area contributed by atoms with Crippen LogP contribution in [0.2, 0.25) is 5.02 Å². The predicted octanol–water partition coefficient (Wildman–Crippen LogP) is 3.25. The Morgan fingerprint density at radius 2 is 2.22 bits per heavy atom. The molecule has 0 aliphatic carbocycles. The van der Waals surface area contributed by atoms with Crippen molar-refractivity contribution in [1.29, 1.82) is 0 Å². The lowest BCUT2D eigenvalue weighted by atomic mass is 10.2. The second kappa shape index (κ2) is 6.76. The number of anilines is 1. The van der Waals surface area contributed by atoms with Crippen molar-refractivity contribution in [3.8, 4) is 0 Å². The number of nitrogens with zero attached hydrogens (tertiary/aromatic N) is 2. The SMILES string of the molecule is C=C(C)CN(C)c1cc(CNC(C)C)c(Cl)cn1. The highest BCUT2D eigenvalue weighted by Gasteiger charge is 2.07. The number of hydrogen-bond acceptors (Lipinski definition) is 3. The van der Waals surface area contributed by atoms with Gasteiger partial charge in [-0.1, -0.05) is 37.6 Å². The van der Waals surface area contributed by atoms with Crippen molar-refractivity contribution in [3.63, 3.8) is 0 Å². The number of halogens is 1. The first kappa shape index (κ1) is 15.0. The quantitative estimate of drug-likeness (QED) is 0.802. The van der Waals surface area contributed by atoms with Crippen LogP contribution in [0.1, 0.15) is 26.3 Å². The lowest BCUT2D eigenvalue weighted by Crippen LogP contribution is -2.23. The molecule has 0 aliphatic heterocycles. The summed E-state index contributed by atoms with van der Waals surface area (Å²) in [5.41, 5.74) is 2.18. The van der Waals surface area contributed by atoms with Crippen molar-refractivity contribution < 1.29 is 0 Å². The van der Waals surface area contributed by atoms with E-state index in [1.54, 1.807) is 6.20 Å². The molecule has 3 nitrogen and oxygen atoms in total. The smallest absolute Gasteiger partial charge is 0.128 e. The normalized spacial score (nSPS) is 10.8. The fourth-order valence-electron chi connectivity index (χ4n) is 1.61. The molecule has 0 aliphatic rings. The van der Waals surface area contributed by atoms with Gasteiger partial charge in [-0.3, -0.25) is 0 Å². The minimum Gasteiger partial charge on any atom is -0.356 e. The van der Waals surface area contributed by atoms with Crippen LogP contribution in [0.25, 0.3) is 0 Å². The lowest BCUT2D eigenvalue weighted by Gasteiger charge is -2.19.